The van der Waals surface area contributed by atoms with E-state index in [1.807, 2.05) is 68.7 Å². The van der Waals surface area contributed by atoms with Crippen molar-refractivity contribution in [1.82, 2.24) is 14.6 Å². The first-order chi connectivity index (χ1) is 14.5. The Labute approximate surface area is 174 Å². The number of benzene rings is 2. The van der Waals surface area contributed by atoms with Gasteiger partial charge in [0.05, 0.1) is 12.8 Å². The molecule has 0 aliphatic rings. The van der Waals surface area contributed by atoms with E-state index >= 15 is 0 Å². The summed E-state index contributed by atoms with van der Waals surface area (Å²) in [6.07, 6.45) is 3.70. The Hall–Kier alpha value is -3.87. The highest BCUT2D eigenvalue weighted by Crippen LogP contribution is 2.29. The molecule has 0 saturated heterocycles. The van der Waals surface area contributed by atoms with E-state index in [2.05, 4.69) is 21.8 Å². The van der Waals surface area contributed by atoms with Crippen LogP contribution in [0.3, 0.4) is 0 Å². The summed E-state index contributed by atoms with van der Waals surface area (Å²) in [5.41, 5.74) is 5.45. The first kappa shape index (κ1) is 19.4. The van der Waals surface area contributed by atoms with Crippen molar-refractivity contribution in [3.8, 4) is 16.9 Å². The zero-order valence-corrected chi connectivity index (χ0v) is 17.1. The summed E-state index contributed by atoms with van der Waals surface area (Å²) in [4.78, 5) is 15.9. The van der Waals surface area contributed by atoms with Crippen molar-refractivity contribution in [2.75, 3.05) is 17.2 Å². The van der Waals surface area contributed by atoms with Crippen molar-refractivity contribution in [2.45, 2.75) is 20.8 Å². The highest BCUT2D eigenvalue weighted by molar-refractivity contribution is 5.88. The lowest BCUT2D eigenvalue weighted by Crippen LogP contribution is -2.05. The number of hydrogen-bond acceptors (Lipinski definition) is 5. The zero-order chi connectivity index (χ0) is 21.1. The largest absolute Gasteiger partial charge is 0.494 e. The number of amides is 1. The van der Waals surface area contributed by atoms with Gasteiger partial charge in [0.15, 0.2) is 5.65 Å². The van der Waals surface area contributed by atoms with Crippen molar-refractivity contribution in [2.24, 2.45) is 0 Å². The second kappa shape index (κ2) is 8.24. The van der Waals surface area contributed by atoms with Gasteiger partial charge in [-0.3, -0.25) is 4.79 Å². The van der Waals surface area contributed by atoms with E-state index in [0.29, 0.717) is 12.4 Å². The van der Waals surface area contributed by atoms with E-state index in [-0.39, 0.29) is 5.91 Å². The third kappa shape index (κ3) is 4.10. The van der Waals surface area contributed by atoms with Gasteiger partial charge in [-0.15, -0.1) is 0 Å². The highest BCUT2D eigenvalue weighted by Gasteiger charge is 2.11. The maximum atomic E-state index is 11.2. The number of aromatic nitrogens is 3. The Bertz CT molecular complexity index is 1200. The molecule has 1 amide bonds. The summed E-state index contributed by atoms with van der Waals surface area (Å²) in [5, 5.41) is 10.5. The fraction of sp³-hybridized carbons (Fsp3) is 0.174. The minimum atomic E-state index is -0.0967. The number of nitrogens with zero attached hydrogens (tertiary/aromatic N) is 3. The molecule has 0 aliphatic heterocycles. The van der Waals surface area contributed by atoms with Crippen LogP contribution in [0, 0.1) is 6.92 Å². The smallest absolute Gasteiger partial charge is 0.221 e. The molecule has 4 rings (SSSR count). The summed E-state index contributed by atoms with van der Waals surface area (Å²) in [7, 11) is 0. The van der Waals surface area contributed by atoms with Crippen LogP contribution in [0.4, 0.5) is 17.2 Å². The predicted molar refractivity (Wildman–Crippen MR) is 118 cm³/mol. The molecule has 7 heteroatoms. The van der Waals surface area contributed by atoms with Crippen molar-refractivity contribution in [3.63, 3.8) is 0 Å². The number of carbonyl (C=O) groups is 1. The summed E-state index contributed by atoms with van der Waals surface area (Å²) in [6, 6.07) is 15.4. The van der Waals surface area contributed by atoms with Crippen LogP contribution in [0.1, 0.15) is 19.4 Å². The number of rotatable bonds is 6. The standard InChI is InChI=1S/C23H23N5O2/c1-4-30-21-10-5-17(13-15(21)2)20-14-24-28-12-11-22(27-23(20)28)26-19-8-6-18(7-9-19)25-16(3)29/h5-14H,4H2,1-3H3,(H,25,29)(H,26,27). The number of aryl methyl sites for hydroxylation is 1. The fourth-order valence-corrected chi connectivity index (χ4v) is 3.26. The molecule has 2 aromatic carbocycles. The van der Waals surface area contributed by atoms with Gasteiger partial charge in [-0.2, -0.15) is 5.10 Å². The summed E-state index contributed by atoms with van der Waals surface area (Å²) in [6.45, 7) is 6.13. The zero-order valence-electron chi connectivity index (χ0n) is 17.1. The second-order valence-electron chi connectivity index (χ2n) is 6.94. The van der Waals surface area contributed by atoms with E-state index in [1.54, 1.807) is 4.52 Å². The van der Waals surface area contributed by atoms with Gasteiger partial charge in [-0.05, 0) is 67.4 Å². The van der Waals surface area contributed by atoms with Gasteiger partial charge in [0.25, 0.3) is 0 Å². The van der Waals surface area contributed by atoms with Gasteiger partial charge >= 0.3 is 0 Å². The number of nitrogens with one attached hydrogen (secondary N) is 2. The molecule has 0 fully saturated rings. The van der Waals surface area contributed by atoms with Crippen LogP contribution < -0.4 is 15.4 Å². The van der Waals surface area contributed by atoms with E-state index < -0.39 is 0 Å². The predicted octanol–water partition coefficient (Wildman–Crippen LogP) is 4.81. The molecule has 0 aliphatic carbocycles. The molecule has 4 aromatic rings. The number of ether oxygens (including phenoxy) is 1. The van der Waals surface area contributed by atoms with Crippen molar-refractivity contribution in [1.29, 1.82) is 0 Å². The minimum Gasteiger partial charge on any atom is -0.494 e. The normalized spacial score (nSPS) is 10.8. The maximum Gasteiger partial charge on any atom is 0.221 e. The van der Waals surface area contributed by atoms with Crippen LogP contribution in [0.25, 0.3) is 16.8 Å². The van der Waals surface area contributed by atoms with E-state index in [0.717, 1.165) is 39.5 Å². The molecule has 0 atom stereocenters. The lowest BCUT2D eigenvalue weighted by atomic mass is 10.1. The molecule has 0 saturated carbocycles. The monoisotopic (exact) mass is 401 g/mol. The molecule has 7 nitrogen and oxygen atoms in total. The van der Waals surface area contributed by atoms with Gasteiger partial charge in [0.1, 0.15) is 11.6 Å². The summed E-state index contributed by atoms with van der Waals surface area (Å²) in [5.74, 6) is 1.50. The molecule has 2 aromatic heterocycles. The average Bonchev–Trinajstić information content (AvgIpc) is 3.14. The first-order valence-corrected chi connectivity index (χ1v) is 9.76. The van der Waals surface area contributed by atoms with Crippen LogP contribution in [-0.2, 0) is 4.79 Å². The van der Waals surface area contributed by atoms with Crippen molar-refractivity contribution < 1.29 is 9.53 Å². The number of fused-ring (bicyclic) bond motifs is 1. The third-order valence-corrected chi connectivity index (χ3v) is 4.63. The molecule has 30 heavy (non-hydrogen) atoms. The molecule has 152 valence electrons. The van der Waals surface area contributed by atoms with Crippen LogP contribution in [0.5, 0.6) is 5.75 Å². The van der Waals surface area contributed by atoms with Gasteiger partial charge in [-0.25, -0.2) is 9.50 Å². The van der Waals surface area contributed by atoms with Crippen LogP contribution >= 0.6 is 0 Å². The van der Waals surface area contributed by atoms with E-state index in [4.69, 9.17) is 9.72 Å². The number of carbonyl (C=O) groups excluding carboxylic acids is 1. The van der Waals surface area contributed by atoms with Crippen LogP contribution in [-0.4, -0.2) is 27.1 Å². The first-order valence-electron chi connectivity index (χ1n) is 9.76. The Kier molecular flexibility index (Phi) is 5.34. The van der Waals surface area contributed by atoms with Crippen molar-refractivity contribution in [3.05, 3.63) is 66.5 Å². The molecule has 0 radical (unpaired) electrons. The molecular formula is C23H23N5O2. The molecule has 0 unspecified atom stereocenters. The fourth-order valence-electron chi connectivity index (χ4n) is 3.26. The maximum absolute atomic E-state index is 11.2. The molecular weight excluding hydrogens is 378 g/mol. The SMILES string of the molecule is CCOc1ccc(-c2cnn3ccc(Nc4ccc(NC(C)=O)cc4)nc23)cc1C. The quantitative estimate of drug-likeness (QED) is 0.485. The van der Waals surface area contributed by atoms with Gasteiger partial charge in [0.2, 0.25) is 5.91 Å². The second-order valence-corrected chi connectivity index (χ2v) is 6.94. The van der Waals surface area contributed by atoms with Crippen LogP contribution in [0.2, 0.25) is 0 Å². The van der Waals surface area contributed by atoms with Gasteiger partial charge < -0.3 is 15.4 Å². The third-order valence-electron chi connectivity index (χ3n) is 4.63. The summed E-state index contributed by atoms with van der Waals surface area (Å²) >= 11 is 0. The van der Waals surface area contributed by atoms with Crippen LogP contribution in [0.15, 0.2) is 60.9 Å². The van der Waals surface area contributed by atoms with E-state index in [1.165, 1.54) is 6.92 Å². The van der Waals surface area contributed by atoms with Gasteiger partial charge in [-0.1, -0.05) is 6.07 Å². The molecule has 0 bridgehead atoms. The molecule has 2 N–H and O–H groups in total. The van der Waals surface area contributed by atoms with Crippen molar-refractivity contribution >= 4 is 28.7 Å². The Morgan fingerprint density at radius 3 is 2.57 bits per heavy atom. The lowest BCUT2D eigenvalue weighted by molar-refractivity contribution is -0.114. The minimum absolute atomic E-state index is 0.0967. The number of anilines is 3. The Morgan fingerprint density at radius 1 is 1.10 bits per heavy atom. The molecule has 0 spiro atoms. The Balaban J connectivity index is 1.61. The lowest BCUT2D eigenvalue weighted by Gasteiger charge is -2.09. The molecule has 2 heterocycles. The van der Waals surface area contributed by atoms with E-state index in [9.17, 15) is 4.79 Å². The summed E-state index contributed by atoms with van der Waals surface area (Å²) < 4.78 is 7.40. The Morgan fingerprint density at radius 2 is 1.87 bits per heavy atom. The average molecular weight is 401 g/mol. The highest BCUT2D eigenvalue weighted by atomic mass is 16.5. The topological polar surface area (TPSA) is 80.5 Å². The van der Waals surface area contributed by atoms with Gasteiger partial charge in [0, 0.05) is 30.1 Å². The number of hydrogen-bond donors (Lipinski definition) is 2.